The average molecular weight is 293 g/mol. The second-order valence-corrected chi connectivity index (χ2v) is 6.11. The van der Waals surface area contributed by atoms with Crippen LogP contribution < -0.4 is 9.64 Å². The number of nitrogens with zero attached hydrogens (tertiary/aromatic N) is 1. The molecule has 1 N–H and O–H groups in total. The Morgan fingerprint density at radius 2 is 1.95 bits per heavy atom. The van der Waals surface area contributed by atoms with Crippen molar-refractivity contribution >= 4 is 17.6 Å². The van der Waals surface area contributed by atoms with Gasteiger partial charge in [-0.3, -0.25) is 9.59 Å². The summed E-state index contributed by atoms with van der Waals surface area (Å²) in [6.45, 7) is 7.15. The fourth-order valence-electron chi connectivity index (χ4n) is 1.84. The van der Waals surface area contributed by atoms with E-state index in [0.717, 1.165) is 0 Å². The number of benzene rings is 1. The fraction of sp³-hybridized carbons (Fsp3) is 0.500. The lowest BCUT2D eigenvalue weighted by atomic mass is 9.93. The number of carbonyl (C=O) groups is 2. The van der Waals surface area contributed by atoms with Crippen LogP contribution in [0.3, 0.4) is 0 Å². The summed E-state index contributed by atoms with van der Waals surface area (Å²) in [7, 11) is 1.55. The van der Waals surface area contributed by atoms with E-state index in [0.29, 0.717) is 11.4 Å². The van der Waals surface area contributed by atoms with Gasteiger partial charge in [0.05, 0.1) is 13.0 Å². The van der Waals surface area contributed by atoms with Crippen LogP contribution in [0.4, 0.5) is 5.69 Å². The van der Waals surface area contributed by atoms with Gasteiger partial charge in [0.2, 0.25) is 5.91 Å². The minimum Gasteiger partial charge on any atom is -0.497 e. The monoisotopic (exact) mass is 293 g/mol. The van der Waals surface area contributed by atoms with Crippen LogP contribution in [0.1, 0.15) is 27.7 Å². The zero-order valence-electron chi connectivity index (χ0n) is 13.2. The Kier molecular flexibility index (Phi) is 5.35. The summed E-state index contributed by atoms with van der Waals surface area (Å²) in [4.78, 5) is 25.2. The highest BCUT2D eigenvalue weighted by Crippen LogP contribution is 2.27. The Bertz CT molecular complexity index is 519. The summed E-state index contributed by atoms with van der Waals surface area (Å²) in [5.74, 6) is -1.07. The van der Waals surface area contributed by atoms with E-state index in [1.807, 2.05) is 20.8 Å². The smallest absolute Gasteiger partial charge is 0.308 e. The number of rotatable bonds is 5. The Morgan fingerprint density at radius 3 is 2.43 bits per heavy atom. The summed E-state index contributed by atoms with van der Waals surface area (Å²) >= 11 is 0. The lowest BCUT2D eigenvalue weighted by Crippen LogP contribution is -2.43. The van der Waals surface area contributed by atoms with Gasteiger partial charge >= 0.3 is 5.97 Å². The van der Waals surface area contributed by atoms with E-state index in [1.54, 1.807) is 38.3 Å². The van der Waals surface area contributed by atoms with Crippen LogP contribution in [0.15, 0.2) is 24.3 Å². The average Bonchev–Trinajstić information content (AvgIpc) is 2.42. The lowest BCUT2D eigenvalue weighted by molar-refractivity contribution is -0.140. The number of methoxy groups -OCH3 is 1. The summed E-state index contributed by atoms with van der Waals surface area (Å²) in [5, 5.41) is 9.10. The van der Waals surface area contributed by atoms with E-state index in [9.17, 15) is 9.59 Å². The highest BCUT2D eigenvalue weighted by atomic mass is 16.5. The molecule has 0 spiro atoms. The van der Waals surface area contributed by atoms with Crippen LogP contribution in [-0.4, -0.2) is 30.6 Å². The molecule has 116 valence electrons. The van der Waals surface area contributed by atoms with E-state index >= 15 is 0 Å². The van der Waals surface area contributed by atoms with Crippen molar-refractivity contribution in [2.45, 2.75) is 27.7 Å². The zero-order chi connectivity index (χ0) is 16.2. The third-order valence-electron chi connectivity index (χ3n) is 3.13. The van der Waals surface area contributed by atoms with Crippen LogP contribution in [0.2, 0.25) is 0 Å². The number of hydrogen-bond acceptors (Lipinski definition) is 3. The number of ether oxygens (including phenoxy) is 1. The molecule has 21 heavy (non-hydrogen) atoms. The van der Waals surface area contributed by atoms with Crippen LogP contribution in [-0.2, 0) is 9.59 Å². The van der Waals surface area contributed by atoms with Gasteiger partial charge in [0.1, 0.15) is 5.75 Å². The maximum absolute atomic E-state index is 12.6. The number of anilines is 1. The summed E-state index contributed by atoms with van der Waals surface area (Å²) in [6.07, 6.45) is 0. The van der Waals surface area contributed by atoms with E-state index in [-0.39, 0.29) is 12.5 Å². The number of amides is 1. The third kappa shape index (κ3) is 4.48. The van der Waals surface area contributed by atoms with Gasteiger partial charge in [-0.15, -0.1) is 0 Å². The van der Waals surface area contributed by atoms with Crippen molar-refractivity contribution in [2.75, 3.05) is 18.6 Å². The molecule has 0 aliphatic rings. The fourth-order valence-corrected chi connectivity index (χ4v) is 1.84. The van der Waals surface area contributed by atoms with E-state index in [4.69, 9.17) is 9.84 Å². The van der Waals surface area contributed by atoms with Gasteiger partial charge in [-0.2, -0.15) is 0 Å². The van der Waals surface area contributed by atoms with Gasteiger partial charge < -0.3 is 14.7 Å². The summed E-state index contributed by atoms with van der Waals surface area (Å²) in [6, 6.07) is 7.07. The predicted octanol–water partition coefficient (Wildman–Crippen LogP) is 2.80. The van der Waals surface area contributed by atoms with Crippen LogP contribution in [0, 0.1) is 11.3 Å². The molecule has 0 aliphatic carbocycles. The SMILES string of the molecule is COc1cccc(N(CC(C)C(=O)O)C(=O)C(C)(C)C)c1. The number of carboxylic acids is 1. The predicted molar refractivity (Wildman–Crippen MR) is 81.6 cm³/mol. The summed E-state index contributed by atoms with van der Waals surface area (Å²) < 4.78 is 5.17. The number of hydrogen-bond donors (Lipinski definition) is 1. The molecule has 1 atom stereocenters. The first kappa shape index (κ1) is 17.0. The van der Waals surface area contributed by atoms with Crippen molar-refractivity contribution in [2.24, 2.45) is 11.3 Å². The Labute approximate surface area is 125 Å². The second kappa shape index (κ2) is 6.61. The summed E-state index contributed by atoms with van der Waals surface area (Å²) in [5.41, 5.74) is 0.0452. The lowest BCUT2D eigenvalue weighted by Gasteiger charge is -2.31. The second-order valence-electron chi connectivity index (χ2n) is 6.11. The standard InChI is InChI=1S/C16H23NO4/c1-11(14(18)19)10-17(15(20)16(2,3)4)12-7-6-8-13(9-12)21-5/h6-9,11H,10H2,1-5H3,(H,18,19). The molecule has 1 amide bonds. The molecule has 5 nitrogen and oxygen atoms in total. The molecule has 1 unspecified atom stereocenters. The molecule has 0 radical (unpaired) electrons. The van der Waals surface area contributed by atoms with Crippen molar-refractivity contribution in [3.63, 3.8) is 0 Å². The topological polar surface area (TPSA) is 66.8 Å². The van der Waals surface area contributed by atoms with Crippen molar-refractivity contribution in [1.29, 1.82) is 0 Å². The van der Waals surface area contributed by atoms with Crippen LogP contribution in [0.5, 0.6) is 5.75 Å². The van der Waals surface area contributed by atoms with Crippen molar-refractivity contribution < 1.29 is 19.4 Å². The normalized spacial score (nSPS) is 12.6. The maximum Gasteiger partial charge on any atom is 0.308 e. The molecule has 0 heterocycles. The largest absolute Gasteiger partial charge is 0.497 e. The Hall–Kier alpha value is -2.04. The number of carbonyl (C=O) groups excluding carboxylic acids is 1. The molecule has 0 fully saturated rings. The highest BCUT2D eigenvalue weighted by molar-refractivity contribution is 5.97. The molecular formula is C16H23NO4. The highest BCUT2D eigenvalue weighted by Gasteiger charge is 2.30. The first-order valence-corrected chi connectivity index (χ1v) is 6.85. The van der Waals surface area contributed by atoms with Gasteiger partial charge in [0, 0.05) is 23.7 Å². The zero-order valence-corrected chi connectivity index (χ0v) is 13.2. The van der Waals surface area contributed by atoms with Gasteiger partial charge in [-0.25, -0.2) is 0 Å². The van der Waals surface area contributed by atoms with Crippen molar-refractivity contribution in [1.82, 2.24) is 0 Å². The molecular weight excluding hydrogens is 270 g/mol. The molecule has 0 saturated carbocycles. The number of aliphatic carboxylic acids is 1. The van der Waals surface area contributed by atoms with Gasteiger partial charge in [0.25, 0.3) is 0 Å². The first-order valence-electron chi connectivity index (χ1n) is 6.85. The van der Waals surface area contributed by atoms with Gasteiger partial charge in [-0.05, 0) is 12.1 Å². The molecule has 0 saturated heterocycles. The van der Waals surface area contributed by atoms with Crippen LogP contribution in [0.25, 0.3) is 0 Å². The van der Waals surface area contributed by atoms with E-state index in [1.165, 1.54) is 4.90 Å². The third-order valence-corrected chi connectivity index (χ3v) is 3.13. The minimum atomic E-state index is -0.926. The quantitative estimate of drug-likeness (QED) is 0.906. The Balaban J connectivity index is 3.17. The van der Waals surface area contributed by atoms with Gasteiger partial charge in [0.15, 0.2) is 0 Å². The maximum atomic E-state index is 12.6. The molecule has 1 rings (SSSR count). The van der Waals surface area contributed by atoms with Gasteiger partial charge in [-0.1, -0.05) is 33.8 Å². The molecule has 5 heteroatoms. The Morgan fingerprint density at radius 1 is 1.33 bits per heavy atom. The molecule has 0 aliphatic heterocycles. The molecule has 1 aromatic carbocycles. The van der Waals surface area contributed by atoms with Crippen LogP contribution >= 0.6 is 0 Å². The van der Waals surface area contributed by atoms with Crippen molar-refractivity contribution in [3.8, 4) is 5.75 Å². The van der Waals surface area contributed by atoms with E-state index in [2.05, 4.69) is 0 Å². The van der Waals surface area contributed by atoms with Crippen molar-refractivity contribution in [3.05, 3.63) is 24.3 Å². The van der Waals surface area contributed by atoms with E-state index < -0.39 is 17.3 Å². The molecule has 0 aromatic heterocycles. The first-order chi connectivity index (χ1) is 9.66. The molecule has 0 bridgehead atoms. The minimum absolute atomic E-state index is 0.121. The number of carboxylic acid groups (broad SMARTS) is 1. The molecule has 1 aromatic rings.